The van der Waals surface area contributed by atoms with E-state index in [1.165, 1.54) is 12.1 Å². The number of carbonyl (C=O) groups excluding carboxylic acids is 1. The Hall–Kier alpha value is -1.94. The number of aliphatic hydroxyl groups excluding tert-OH is 1. The van der Waals surface area contributed by atoms with Crippen molar-refractivity contribution in [3.05, 3.63) is 47.3 Å². The van der Waals surface area contributed by atoms with Gasteiger partial charge in [0.25, 0.3) is 15.9 Å². The van der Waals surface area contributed by atoms with E-state index < -0.39 is 16.1 Å². The zero-order valence-corrected chi connectivity index (χ0v) is 14.9. The van der Waals surface area contributed by atoms with Gasteiger partial charge < -0.3 is 15.7 Å². The molecule has 25 heavy (non-hydrogen) atoms. The van der Waals surface area contributed by atoms with Gasteiger partial charge in [0.2, 0.25) is 0 Å². The molecular weight excluding hydrogens is 362 g/mol. The van der Waals surface area contributed by atoms with E-state index in [2.05, 4.69) is 15.4 Å². The van der Waals surface area contributed by atoms with Crippen molar-refractivity contribution in [3.8, 4) is 0 Å². The molecule has 1 fully saturated rings. The first-order valence-corrected chi connectivity index (χ1v) is 10.2. The Morgan fingerprint density at radius 2 is 2.12 bits per heavy atom. The Balaban J connectivity index is 1.65. The molecule has 1 amide bonds. The second kappa shape index (κ2) is 7.52. The molecule has 7 nitrogen and oxygen atoms in total. The molecule has 1 aliphatic heterocycles. The van der Waals surface area contributed by atoms with E-state index in [4.69, 9.17) is 0 Å². The summed E-state index contributed by atoms with van der Waals surface area (Å²) in [6.45, 7) is 1.54. The number of rotatable bonds is 6. The summed E-state index contributed by atoms with van der Waals surface area (Å²) >= 11 is 1.12. The van der Waals surface area contributed by atoms with Crippen molar-refractivity contribution in [1.82, 2.24) is 10.6 Å². The third-order valence-electron chi connectivity index (χ3n) is 3.97. The van der Waals surface area contributed by atoms with E-state index in [1.807, 2.05) is 0 Å². The van der Waals surface area contributed by atoms with Gasteiger partial charge in [0.1, 0.15) is 4.21 Å². The van der Waals surface area contributed by atoms with Crippen LogP contribution in [-0.2, 0) is 10.0 Å². The lowest BCUT2D eigenvalue weighted by molar-refractivity contribution is 0.0927. The first kappa shape index (κ1) is 17.9. The van der Waals surface area contributed by atoms with Gasteiger partial charge in [0.05, 0.1) is 6.10 Å². The Morgan fingerprint density at radius 1 is 1.28 bits per heavy atom. The number of sulfonamides is 1. The fourth-order valence-electron chi connectivity index (χ4n) is 2.60. The molecule has 0 bridgehead atoms. The number of anilines is 1. The van der Waals surface area contributed by atoms with Gasteiger partial charge in [-0.25, -0.2) is 8.42 Å². The highest BCUT2D eigenvalue weighted by Crippen LogP contribution is 2.21. The Kier molecular flexibility index (Phi) is 5.38. The second-order valence-electron chi connectivity index (χ2n) is 5.81. The third-order valence-corrected chi connectivity index (χ3v) is 6.74. The Labute approximate surface area is 150 Å². The van der Waals surface area contributed by atoms with Crippen molar-refractivity contribution in [2.75, 3.05) is 24.4 Å². The van der Waals surface area contributed by atoms with Gasteiger partial charge in [0.15, 0.2) is 0 Å². The maximum atomic E-state index is 12.3. The summed E-state index contributed by atoms with van der Waals surface area (Å²) in [6.07, 6.45) is -0.468. The third kappa shape index (κ3) is 4.37. The van der Waals surface area contributed by atoms with Crippen LogP contribution in [0.5, 0.6) is 0 Å². The van der Waals surface area contributed by atoms with E-state index in [1.54, 1.807) is 29.6 Å². The predicted molar refractivity (Wildman–Crippen MR) is 96.3 cm³/mol. The molecule has 0 saturated carbocycles. The minimum absolute atomic E-state index is 0.0236. The van der Waals surface area contributed by atoms with Gasteiger partial charge in [-0.05, 0) is 29.6 Å². The number of benzene rings is 1. The van der Waals surface area contributed by atoms with E-state index in [0.717, 1.165) is 11.3 Å². The van der Waals surface area contributed by atoms with E-state index in [0.29, 0.717) is 30.9 Å². The van der Waals surface area contributed by atoms with Crippen LogP contribution in [0.2, 0.25) is 0 Å². The Morgan fingerprint density at radius 3 is 2.80 bits per heavy atom. The number of amides is 1. The first-order chi connectivity index (χ1) is 12.0. The molecule has 1 aromatic carbocycles. The van der Waals surface area contributed by atoms with Gasteiger partial charge in [-0.2, -0.15) is 0 Å². The van der Waals surface area contributed by atoms with Crippen molar-refractivity contribution in [1.29, 1.82) is 0 Å². The number of carbonyl (C=O) groups is 1. The zero-order chi connectivity index (χ0) is 17.9. The molecule has 0 radical (unpaired) electrons. The lowest BCUT2D eigenvalue weighted by Crippen LogP contribution is -2.34. The molecule has 2 atom stereocenters. The van der Waals surface area contributed by atoms with Crippen molar-refractivity contribution in [3.63, 3.8) is 0 Å². The van der Waals surface area contributed by atoms with Gasteiger partial charge in [-0.1, -0.05) is 12.1 Å². The topological polar surface area (TPSA) is 108 Å². The van der Waals surface area contributed by atoms with Crippen LogP contribution in [0.3, 0.4) is 0 Å². The number of thiophene rings is 1. The normalized spacial score (nSPS) is 20.4. The largest absolute Gasteiger partial charge is 0.391 e. The first-order valence-electron chi connectivity index (χ1n) is 7.79. The van der Waals surface area contributed by atoms with Crippen molar-refractivity contribution in [2.45, 2.75) is 10.3 Å². The van der Waals surface area contributed by atoms with Crippen LogP contribution in [-0.4, -0.2) is 45.2 Å². The highest BCUT2D eigenvalue weighted by Gasteiger charge is 2.25. The average Bonchev–Trinajstić information content (AvgIpc) is 3.24. The number of β-amino-alcohol motifs (C(OH)–C–C–N with tert-alkyl or cyclic N) is 1. The van der Waals surface area contributed by atoms with Gasteiger partial charge in [-0.15, -0.1) is 11.3 Å². The predicted octanol–water partition coefficient (Wildman–Crippen LogP) is 0.859. The van der Waals surface area contributed by atoms with Crippen molar-refractivity contribution < 1.29 is 18.3 Å². The minimum atomic E-state index is -3.65. The summed E-state index contributed by atoms with van der Waals surface area (Å²) in [5.41, 5.74) is 0.676. The van der Waals surface area contributed by atoms with Crippen LogP contribution in [0.25, 0.3) is 0 Å². The van der Waals surface area contributed by atoms with Gasteiger partial charge in [0, 0.05) is 36.8 Å². The van der Waals surface area contributed by atoms with Crippen LogP contribution in [0.4, 0.5) is 5.69 Å². The van der Waals surface area contributed by atoms with E-state index >= 15 is 0 Å². The molecule has 9 heteroatoms. The molecule has 4 N–H and O–H groups in total. The quantitative estimate of drug-likeness (QED) is 0.594. The molecule has 0 spiro atoms. The molecule has 3 rings (SSSR count). The maximum absolute atomic E-state index is 12.3. The molecule has 1 aliphatic rings. The lowest BCUT2D eigenvalue weighted by Gasteiger charge is -2.14. The lowest BCUT2D eigenvalue weighted by atomic mass is 10.1. The Bertz CT molecular complexity index is 837. The number of hydrogen-bond donors (Lipinski definition) is 4. The summed E-state index contributed by atoms with van der Waals surface area (Å²) in [5, 5.41) is 17.3. The van der Waals surface area contributed by atoms with Crippen molar-refractivity contribution >= 4 is 33.0 Å². The highest BCUT2D eigenvalue weighted by atomic mass is 32.2. The molecule has 0 aliphatic carbocycles. The monoisotopic (exact) mass is 381 g/mol. The van der Waals surface area contributed by atoms with Crippen LogP contribution >= 0.6 is 11.3 Å². The van der Waals surface area contributed by atoms with Crippen molar-refractivity contribution in [2.24, 2.45) is 5.92 Å². The average molecular weight is 381 g/mol. The molecule has 2 heterocycles. The molecule has 1 saturated heterocycles. The fraction of sp³-hybridized carbons (Fsp3) is 0.312. The van der Waals surface area contributed by atoms with E-state index in [-0.39, 0.29) is 16.0 Å². The summed E-state index contributed by atoms with van der Waals surface area (Å²) in [6, 6.07) is 9.49. The number of hydrogen-bond acceptors (Lipinski definition) is 6. The molecule has 134 valence electrons. The van der Waals surface area contributed by atoms with Gasteiger partial charge >= 0.3 is 0 Å². The minimum Gasteiger partial charge on any atom is -0.391 e. The second-order valence-corrected chi connectivity index (χ2v) is 8.67. The standard InChI is InChI=1S/C16H19N3O4S2/c20-14-10-17-8-12(14)9-18-16(21)11-3-1-4-13(7-11)19-25(22,23)15-5-2-6-24-15/h1-7,12,14,17,19-20H,8-10H2,(H,18,21). The highest BCUT2D eigenvalue weighted by molar-refractivity contribution is 7.94. The molecular formula is C16H19N3O4S2. The summed E-state index contributed by atoms with van der Waals surface area (Å²) < 4.78 is 27.2. The fourth-order valence-corrected chi connectivity index (χ4v) is 4.64. The number of nitrogens with one attached hydrogen (secondary N) is 3. The van der Waals surface area contributed by atoms with Crippen LogP contribution < -0.4 is 15.4 Å². The zero-order valence-electron chi connectivity index (χ0n) is 13.3. The molecule has 1 aromatic heterocycles. The number of aliphatic hydroxyl groups is 1. The summed E-state index contributed by atoms with van der Waals surface area (Å²) in [7, 11) is -3.65. The van der Waals surface area contributed by atoms with Crippen LogP contribution in [0.15, 0.2) is 46.0 Å². The van der Waals surface area contributed by atoms with Crippen LogP contribution in [0, 0.1) is 5.92 Å². The van der Waals surface area contributed by atoms with Crippen LogP contribution in [0.1, 0.15) is 10.4 Å². The summed E-state index contributed by atoms with van der Waals surface area (Å²) in [4.78, 5) is 12.3. The smallest absolute Gasteiger partial charge is 0.271 e. The maximum Gasteiger partial charge on any atom is 0.271 e. The van der Waals surface area contributed by atoms with Gasteiger partial charge in [-0.3, -0.25) is 9.52 Å². The molecule has 2 aromatic rings. The van der Waals surface area contributed by atoms with E-state index in [9.17, 15) is 18.3 Å². The summed E-state index contributed by atoms with van der Waals surface area (Å²) in [5.74, 6) is -0.333. The molecule has 2 unspecified atom stereocenters. The SMILES string of the molecule is O=C(NCC1CNCC1O)c1cccc(NS(=O)(=O)c2cccs2)c1.